The summed E-state index contributed by atoms with van der Waals surface area (Å²) < 4.78 is 4.09. The van der Waals surface area contributed by atoms with Gasteiger partial charge in [-0.3, -0.25) is 4.68 Å². The van der Waals surface area contributed by atoms with E-state index in [0.29, 0.717) is 0 Å². The lowest BCUT2D eigenvalue weighted by molar-refractivity contribution is 0.549. The van der Waals surface area contributed by atoms with Crippen molar-refractivity contribution in [2.45, 2.75) is 32.9 Å². The van der Waals surface area contributed by atoms with Crippen molar-refractivity contribution in [1.29, 1.82) is 0 Å². The molecule has 2 aromatic heterocycles. The molecule has 1 N–H and O–H groups in total. The standard InChI is InChI=1S/C13H21N5/c1-5-18-7-6-15-13(18)8-12(14-3)11-9-16-17(4)10(11)2/h6-7,9,12,14H,5,8H2,1-4H3. The third-order valence-corrected chi connectivity index (χ3v) is 3.53. The van der Waals surface area contributed by atoms with Gasteiger partial charge in [0.1, 0.15) is 5.82 Å². The fourth-order valence-electron chi connectivity index (χ4n) is 2.23. The molecule has 0 spiro atoms. The van der Waals surface area contributed by atoms with E-state index in [4.69, 9.17) is 0 Å². The summed E-state index contributed by atoms with van der Waals surface area (Å²) in [5.41, 5.74) is 2.44. The molecule has 98 valence electrons. The van der Waals surface area contributed by atoms with Crippen LogP contribution in [0.3, 0.4) is 0 Å². The number of rotatable bonds is 5. The maximum atomic E-state index is 4.43. The molecule has 2 heterocycles. The molecule has 0 aromatic carbocycles. The monoisotopic (exact) mass is 247 g/mol. The Balaban J connectivity index is 2.22. The van der Waals surface area contributed by atoms with E-state index in [1.807, 2.05) is 37.4 Å². The quantitative estimate of drug-likeness (QED) is 0.870. The second-order valence-corrected chi connectivity index (χ2v) is 4.48. The van der Waals surface area contributed by atoms with Gasteiger partial charge in [-0.15, -0.1) is 0 Å². The Bertz CT molecular complexity index is 511. The SMILES string of the molecule is CCn1ccnc1CC(NC)c1cnn(C)c1C. The van der Waals surface area contributed by atoms with Gasteiger partial charge in [0.15, 0.2) is 0 Å². The highest BCUT2D eigenvalue weighted by atomic mass is 15.3. The highest BCUT2D eigenvalue weighted by Crippen LogP contribution is 2.20. The number of imidazole rings is 1. The summed E-state index contributed by atoms with van der Waals surface area (Å²) in [5.74, 6) is 1.11. The van der Waals surface area contributed by atoms with Crippen LogP contribution in [0.15, 0.2) is 18.6 Å². The first kappa shape index (κ1) is 12.8. The van der Waals surface area contributed by atoms with E-state index in [9.17, 15) is 0 Å². The molecule has 0 saturated carbocycles. The van der Waals surface area contributed by atoms with Gasteiger partial charge in [0.25, 0.3) is 0 Å². The van der Waals surface area contributed by atoms with E-state index in [1.54, 1.807) is 0 Å². The zero-order chi connectivity index (χ0) is 13.1. The van der Waals surface area contributed by atoms with Crippen LogP contribution in [0.4, 0.5) is 0 Å². The second-order valence-electron chi connectivity index (χ2n) is 4.48. The van der Waals surface area contributed by atoms with Crippen molar-refractivity contribution >= 4 is 0 Å². The Labute approximate surface area is 108 Å². The minimum absolute atomic E-state index is 0.256. The molecule has 0 amide bonds. The molecule has 0 bridgehead atoms. The third kappa shape index (κ3) is 2.31. The van der Waals surface area contributed by atoms with Crippen LogP contribution in [0, 0.1) is 6.92 Å². The number of hydrogen-bond donors (Lipinski definition) is 1. The van der Waals surface area contributed by atoms with E-state index in [1.165, 1.54) is 11.3 Å². The van der Waals surface area contributed by atoms with Crippen molar-refractivity contribution in [1.82, 2.24) is 24.6 Å². The first-order chi connectivity index (χ1) is 8.67. The van der Waals surface area contributed by atoms with Crippen LogP contribution in [0.25, 0.3) is 0 Å². The van der Waals surface area contributed by atoms with Gasteiger partial charge in [-0.2, -0.15) is 5.10 Å². The molecule has 0 aliphatic rings. The average molecular weight is 247 g/mol. The van der Waals surface area contributed by atoms with Crippen molar-refractivity contribution in [2.24, 2.45) is 7.05 Å². The average Bonchev–Trinajstić information content (AvgIpc) is 2.95. The van der Waals surface area contributed by atoms with Crippen molar-refractivity contribution in [3.8, 4) is 0 Å². The van der Waals surface area contributed by atoms with Gasteiger partial charge >= 0.3 is 0 Å². The fraction of sp³-hybridized carbons (Fsp3) is 0.538. The molecule has 1 atom stereocenters. The van der Waals surface area contributed by atoms with Crippen LogP contribution in [-0.2, 0) is 20.0 Å². The summed E-state index contributed by atoms with van der Waals surface area (Å²) in [4.78, 5) is 4.43. The summed E-state index contributed by atoms with van der Waals surface area (Å²) in [5, 5.41) is 7.66. The molecule has 18 heavy (non-hydrogen) atoms. The number of hydrogen-bond acceptors (Lipinski definition) is 3. The molecule has 0 aliphatic heterocycles. The number of aromatic nitrogens is 4. The summed E-state index contributed by atoms with van der Waals surface area (Å²) in [7, 11) is 3.95. The van der Waals surface area contributed by atoms with Crippen LogP contribution < -0.4 is 5.32 Å². The molecule has 0 fully saturated rings. The maximum absolute atomic E-state index is 4.43. The zero-order valence-electron chi connectivity index (χ0n) is 11.5. The lowest BCUT2D eigenvalue weighted by atomic mass is 10.0. The zero-order valence-corrected chi connectivity index (χ0v) is 11.5. The Hall–Kier alpha value is -1.62. The van der Waals surface area contributed by atoms with Gasteiger partial charge in [-0.05, 0) is 20.9 Å². The first-order valence-corrected chi connectivity index (χ1v) is 6.33. The molecular weight excluding hydrogens is 226 g/mol. The van der Waals surface area contributed by atoms with Crippen LogP contribution in [0.5, 0.6) is 0 Å². The first-order valence-electron chi connectivity index (χ1n) is 6.33. The molecule has 2 aromatic rings. The van der Waals surface area contributed by atoms with Crippen molar-refractivity contribution in [3.05, 3.63) is 35.7 Å². The third-order valence-electron chi connectivity index (χ3n) is 3.53. The maximum Gasteiger partial charge on any atom is 0.110 e. The van der Waals surface area contributed by atoms with Crippen molar-refractivity contribution in [2.75, 3.05) is 7.05 Å². The number of likely N-dealkylation sites (N-methyl/N-ethyl adjacent to an activating group) is 1. The minimum Gasteiger partial charge on any atom is -0.335 e. The molecule has 0 aliphatic carbocycles. The van der Waals surface area contributed by atoms with Crippen LogP contribution in [0.2, 0.25) is 0 Å². The molecule has 0 saturated heterocycles. The molecule has 2 rings (SSSR count). The molecule has 5 nitrogen and oxygen atoms in total. The predicted molar refractivity (Wildman–Crippen MR) is 71.4 cm³/mol. The minimum atomic E-state index is 0.256. The van der Waals surface area contributed by atoms with Crippen LogP contribution >= 0.6 is 0 Å². The normalized spacial score (nSPS) is 12.9. The summed E-state index contributed by atoms with van der Waals surface area (Å²) in [6, 6.07) is 0.256. The van der Waals surface area contributed by atoms with Gasteiger partial charge in [0, 0.05) is 49.7 Å². The largest absolute Gasteiger partial charge is 0.335 e. The smallest absolute Gasteiger partial charge is 0.110 e. The topological polar surface area (TPSA) is 47.7 Å². The summed E-state index contributed by atoms with van der Waals surface area (Å²) in [6.07, 6.45) is 6.71. The number of aryl methyl sites for hydroxylation is 2. The van der Waals surface area contributed by atoms with E-state index in [2.05, 4.69) is 33.8 Å². The number of nitrogens with one attached hydrogen (secondary N) is 1. The van der Waals surface area contributed by atoms with E-state index >= 15 is 0 Å². The Morgan fingerprint density at radius 3 is 2.78 bits per heavy atom. The van der Waals surface area contributed by atoms with Gasteiger partial charge in [-0.1, -0.05) is 0 Å². The Morgan fingerprint density at radius 2 is 2.22 bits per heavy atom. The fourth-order valence-corrected chi connectivity index (χ4v) is 2.23. The van der Waals surface area contributed by atoms with E-state index < -0.39 is 0 Å². The lowest BCUT2D eigenvalue weighted by Gasteiger charge is -2.16. The highest BCUT2D eigenvalue weighted by molar-refractivity contribution is 5.21. The predicted octanol–water partition coefficient (Wildman–Crippen LogP) is 1.45. The number of nitrogens with zero attached hydrogens (tertiary/aromatic N) is 4. The molecule has 5 heteroatoms. The van der Waals surface area contributed by atoms with Crippen LogP contribution in [-0.4, -0.2) is 26.4 Å². The van der Waals surface area contributed by atoms with Gasteiger partial charge in [-0.25, -0.2) is 4.98 Å². The highest BCUT2D eigenvalue weighted by Gasteiger charge is 2.17. The van der Waals surface area contributed by atoms with Gasteiger partial charge in [0.05, 0.1) is 6.20 Å². The van der Waals surface area contributed by atoms with Gasteiger partial charge in [0.2, 0.25) is 0 Å². The van der Waals surface area contributed by atoms with Gasteiger partial charge < -0.3 is 9.88 Å². The summed E-state index contributed by atoms with van der Waals surface area (Å²) >= 11 is 0. The van der Waals surface area contributed by atoms with Crippen LogP contribution in [0.1, 0.15) is 30.0 Å². The molecular formula is C13H21N5. The Morgan fingerprint density at radius 1 is 1.44 bits per heavy atom. The van der Waals surface area contributed by atoms with Crippen molar-refractivity contribution < 1.29 is 0 Å². The molecule has 1 unspecified atom stereocenters. The van der Waals surface area contributed by atoms with E-state index in [0.717, 1.165) is 18.8 Å². The second kappa shape index (κ2) is 5.35. The lowest BCUT2D eigenvalue weighted by Crippen LogP contribution is -2.21. The molecule has 0 radical (unpaired) electrons. The summed E-state index contributed by atoms with van der Waals surface area (Å²) in [6.45, 7) is 5.19. The Kier molecular flexibility index (Phi) is 3.81. The van der Waals surface area contributed by atoms with Crippen molar-refractivity contribution in [3.63, 3.8) is 0 Å². The van der Waals surface area contributed by atoms with E-state index in [-0.39, 0.29) is 6.04 Å².